The number of hydrogen-bond acceptors (Lipinski definition) is 4. The number of hydrogen-bond donors (Lipinski definition) is 1. The molecule has 1 fully saturated rings. The first-order chi connectivity index (χ1) is 8.13. The predicted molar refractivity (Wildman–Crippen MR) is 59.8 cm³/mol. The third-order valence-electron chi connectivity index (χ3n) is 2.64. The summed E-state index contributed by atoms with van der Waals surface area (Å²) in [5.74, 6) is -0.853. The third-order valence-corrected chi connectivity index (χ3v) is 2.64. The molecule has 1 amide bonds. The molecular formula is C11H19NO5. The Kier molecular flexibility index (Phi) is 5.76. The molecule has 0 radical (unpaired) electrons. The van der Waals surface area contributed by atoms with Crippen molar-refractivity contribution < 1.29 is 24.2 Å². The summed E-state index contributed by atoms with van der Waals surface area (Å²) in [6, 6.07) is 0. The molecule has 0 atom stereocenters. The number of carbonyl (C=O) groups excluding carboxylic acids is 1. The normalized spacial score (nSPS) is 16.9. The van der Waals surface area contributed by atoms with E-state index in [1.54, 1.807) is 11.8 Å². The lowest BCUT2D eigenvalue weighted by molar-refractivity contribution is -0.138. The molecule has 1 aliphatic rings. The van der Waals surface area contributed by atoms with Crippen molar-refractivity contribution in [2.45, 2.75) is 32.3 Å². The molecule has 0 bridgehead atoms. The van der Waals surface area contributed by atoms with E-state index in [2.05, 4.69) is 0 Å². The van der Waals surface area contributed by atoms with Gasteiger partial charge in [0, 0.05) is 13.1 Å². The van der Waals surface area contributed by atoms with Gasteiger partial charge in [-0.05, 0) is 19.8 Å². The summed E-state index contributed by atoms with van der Waals surface area (Å²) in [6.07, 6.45) is 1.27. The van der Waals surface area contributed by atoms with Crippen LogP contribution in [-0.2, 0) is 14.3 Å². The second-order valence-corrected chi connectivity index (χ2v) is 3.90. The quantitative estimate of drug-likeness (QED) is 0.784. The lowest BCUT2D eigenvalue weighted by Crippen LogP contribution is -2.41. The SMILES string of the molecule is CCOC(=O)N1CCC(OCCC(=O)O)CC1. The minimum atomic E-state index is -0.853. The number of ether oxygens (including phenoxy) is 2. The maximum Gasteiger partial charge on any atom is 0.409 e. The van der Waals surface area contributed by atoms with Gasteiger partial charge in [0.25, 0.3) is 0 Å². The van der Waals surface area contributed by atoms with Crippen molar-refractivity contribution in [3.8, 4) is 0 Å². The second-order valence-electron chi connectivity index (χ2n) is 3.90. The Balaban J connectivity index is 2.17. The lowest BCUT2D eigenvalue weighted by atomic mass is 10.1. The van der Waals surface area contributed by atoms with E-state index in [9.17, 15) is 9.59 Å². The number of nitrogens with zero attached hydrogens (tertiary/aromatic N) is 1. The highest BCUT2D eigenvalue weighted by Crippen LogP contribution is 2.14. The minimum absolute atomic E-state index is 0.0259. The van der Waals surface area contributed by atoms with Crippen LogP contribution in [-0.4, -0.2) is 54.5 Å². The molecule has 98 valence electrons. The molecule has 0 aromatic carbocycles. The molecule has 1 N–H and O–H groups in total. The zero-order chi connectivity index (χ0) is 12.7. The van der Waals surface area contributed by atoms with E-state index in [1.807, 2.05) is 0 Å². The van der Waals surface area contributed by atoms with Crippen molar-refractivity contribution in [1.82, 2.24) is 4.90 Å². The predicted octanol–water partition coefficient (Wildman–Crippen LogP) is 1.10. The van der Waals surface area contributed by atoms with Crippen LogP contribution < -0.4 is 0 Å². The van der Waals surface area contributed by atoms with Gasteiger partial charge in [0.1, 0.15) is 0 Å². The van der Waals surface area contributed by atoms with Gasteiger partial charge in [0.15, 0.2) is 0 Å². The molecule has 0 aliphatic carbocycles. The highest BCUT2D eigenvalue weighted by atomic mass is 16.6. The van der Waals surface area contributed by atoms with Crippen molar-refractivity contribution >= 4 is 12.1 Å². The van der Waals surface area contributed by atoms with Gasteiger partial charge in [-0.2, -0.15) is 0 Å². The van der Waals surface area contributed by atoms with Crippen LogP contribution in [0.2, 0.25) is 0 Å². The second kappa shape index (κ2) is 7.11. The minimum Gasteiger partial charge on any atom is -0.481 e. The maximum absolute atomic E-state index is 11.4. The first-order valence-electron chi connectivity index (χ1n) is 5.88. The van der Waals surface area contributed by atoms with Gasteiger partial charge < -0.3 is 19.5 Å². The molecule has 0 saturated carbocycles. The summed E-state index contributed by atoms with van der Waals surface area (Å²) in [6.45, 7) is 3.61. The van der Waals surface area contributed by atoms with Crippen LogP contribution in [0.3, 0.4) is 0 Å². The first-order valence-corrected chi connectivity index (χ1v) is 5.88. The van der Waals surface area contributed by atoms with Crippen molar-refractivity contribution in [2.24, 2.45) is 0 Å². The zero-order valence-electron chi connectivity index (χ0n) is 10.1. The van der Waals surface area contributed by atoms with Crippen LogP contribution in [0.25, 0.3) is 0 Å². The molecule has 1 aliphatic heterocycles. The zero-order valence-corrected chi connectivity index (χ0v) is 10.1. The molecule has 1 heterocycles. The van der Waals surface area contributed by atoms with Crippen molar-refractivity contribution in [2.75, 3.05) is 26.3 Å². The van der Waals surface area contributed by atoms with Gasteiger partial charge in [0.2, 0.25) is 0 Å². The average molecular weight is 245 g/mol. The number of piperidine rings is 1. The van der Waals surface area contributed by atoms with Gasteiger partial charge in [0.05, 0.1) is 25.7 Å². The summed E-state index contributed by atoms with van der Waals surface area (Å²) < 4.78 is 10.3. The van der Waals surface area contributed by atoms with Gasteiger partial charge >= 0.3 is 12.1 Å². The van der Waals surface area contributed by atoms with E-state index in [1.165, 1.54) is 0 Å². The summed E-state index contributed by atoms with van der Waals surface area (Å²) >= 11 is 0. The maximum atomic E-state index is 11.4. The fraction of sp³-hybridized carbons (Fsp3) is 0.818. The Morgan fingerprint density at radius 1 is 1.35 bits per heavy atom. The summed E-state index contributed by atoms with van der Waals surface area (Å²) in [5, 5.41) is 8.47. The molecule has 6 heteroatoms. The monoisotopic (exact) mass is 245 g/mol. The Bertz CT molecular complexity index is 261. The molecule has 0 aromatic rings. The molecule has 1 rings (SSSR count). The highest BCUT2D eigenvalue weighted by molar-refractivity contribution is 5.67. The van der Waals surface area contributed by atoms with Gasteiger partial charge in [-0.25, -0.2) is 4.79 Å². The molecule has 6 nitrogen and oxygen atoms in total. The van der Waals surface area contributed by atoms with E-state index in [0.717, 1.165) is 12.8 Å². The smallest absolute Gasteiger partial charge is 0.409 e. The molecule has 0 spiro atoms. The summed E-state index contributed by atoms with van der Waals surface area (Å²) in [5.41, 5.74) is 0. The van der Waals surface area contributed by atoms with Crippen molar-refractivity contribution in [3.63, 3.8) is 0 Å². The van der Waals surface area contributed by atoms with Gasteiger partial charge in [-0.15, -0.1) is 0 Å². The number of rotatable bonds is 5. The molecular weight excluding hydrogens is 226 g/mol. The van der Waals surface area contributed by atoms with E-state index in [4.69, 9.17) is 14.6 Å². The first kappa shape index (κ1) is 13.8. The Morgan fingerprint density at radius 3 is 2.53 bits per heavy atom. The number of likely N-dealkylation sites (tertiary alicyclic amines) is 1. The van der Waals surface area contributed by atoms with Crippen LogP contribution in [0.5, 0.6) is 0 Å². The van der Waals surface area contributed by atoms with Crippen LogP contribution >= 0.6 is 0 Å². The lowest BCUT2D eigenvalue weighted by Gasteiger charge is -2.31. The van der Waals surface area contributed by atoms with Gasteiger partial charge in [-0.3, -0.25) is 4.79 Å². The molecule has 1 saturated heterocycles. The standard InChI is InChI=1S/C11H19NO5/c1-2-16-11(15)12-6-3-9(4-7-12)17-8-5-10(13)14/h9H,2-8H2,1H3,(H,13,14). The Morgan fingerprint density at radius 2 is 2.00 bits per heavy atom. The van der Waals surface area contributed by atoms with E-state index in [-0.39, 0.29) is 25.2 Å². The highest BCUT2D eigenvalue weighted by Gasteiger charge is 2.23. The summed E-state index contributed by atoms with van der Waals surface area (Å²) in [4.78, 5) is 23.4. The van der Waals surface area contributed by atoms with Crippen molar-refractivity contribution in [3.05, 3.63) is 0 Å². The van der Waals surface area contributed by atoms with Crippen LogP contribution in [0.4, 0.5) is 4.79 Å². The fourth-order valence-electron chi connectivity index (χ4n) is 1.73. The van der Waals surface area contributed by atoms with Crippen LogP contribution in [0.15, 0.2) is 0 Å². The summed E-state index contributed by atoms with van der Waals surface area (Å²) in [7, 11) is 0. The molecule has 17 heavy (non-hydrogen) atoms. The number of carbonyl (C=O) groups is 2. The number of carboxylic acid groups (broad SMARTS) is 1. The largest absolute Gasteiger partial charge is 0.481 e. The Labute approximate surface area is 100 Å². The Hall–Kier alpha value is -1.30. The number of carboxylic acids is 1. The number of amides is 1. The van der Waals surface area contributed by atoms with Crippen LogP contribution in [0.1, 0.15) is 26.2 Å². The number of aliphatic carboxylic acids is 1. The third kappa shape index (κ3) is 5.04. The van der Waals surface area contributed by atoms with E-state index in [0.29, 0.717) is 19.7 Å². The van der Waals surface area contributed by atoms with E-state index < -0.39 is 5.97 Å². The van der Waals surface area contributed by atoms with Crippen LogP contribution in [0, 0.1) is 0 Å². The molecule has 0 unspecified atom stereocenters. The topological polar surface area (TPSA) is 76.1 Å². The van der Waals surface area contributed by atoms with Crippen molar-refractivity contribution in [1.29, 1.82) is 0 Å². The molecule has 0 aromatic heterocycles. The van der Waals surface area contributed by atoms with Gasteiger partial charge in [-0.1, -0.05) is 0 Å². The van der Waals surface area contributed by atoms with E-state index >= 15 is 0 Å². The average Bonchev–Trinajstić information content (AvgIpc) is 2.30. The fourth-order valence-corrected chi connectivity index (χ4v) is 1.73.